The summed E-state index contributed by atoms with van der Waals surface area (Å²) < 4.78 is 0. The Morgan fingerprint density at radius 3 is 2.55 bits per heavy atom. The van der Waals surface area contributed by atoms with Gasteiger partial charge >= 0.3 is 0 Å². The van der Waals surface area contributed by atoms with Gasteiger partial charge in [-0.2, -0.15) is 0 Å². The molecule has 2 radical (unpaired) electrons. The second-order valence-electron chi connectivity index (χ2n) is 5.74. The minimum Gasteiger partial charge on any atom is -0.355 e. The van der Waals surface area contributed by atoms with Crippen molar-refractivity contribution < 1.29 is 0 Å². The number of hydrogen-bond acceptors (Lipinski definition) is 1. The topological polar surface area (TPSA) is 12.0 Å². The Bertz CT molecular complexity index is 494. The maximum Gasteiger partial charge on any atom is 0.0699 e. The molecule has 0 aromatic heterocycles. The second-order valence-corrected chi connectivity index (χ2v) is 5.74. The Morgan fingerprint density at radius 1 is 1.18 bits per heavy atom. The zero-order chi connectivity index (χ0) is 16.4. The number of hydrogen-bond donors (Lipinski definition) is 1. The first-order valence-electron chi connectivity index (χ1n) is 8.12. The van der Waals surface area contributed by atoms with Crippen LogP contribution in [0.3, 0.4) is 0 Å². The van der Waals surface area contributed by atoms with Crippen LogP contribution >= 0.6 is 0 Å². The smallest absolute Gasteiger partial charge is 0.0699 e. The van der Waals surface area contributed by atoms with Gasteiger partial charge in [-0.1, -0.05) is 62.5 Å². The normalized spacial score (nSPS) is 23.9. The highest BCUT2D eigenvalue weighted by Gasteiger charge is 2.22. The summed E-state index contributed by atoms with van der Waals surface area (Å²) in [7, 11) is 6.13. The fourth-order valence-corrected chi connectivity index (χ4v) is 2.79. The average Bonchev–Trinajstić information content (AvgIpc) is 2.51. The van der Waals surface area contributed by atoms with E-state index in [4.69, 9.17) is 7.85 Å². The summed E-state index contributed by atoms with van der Waals surface area (Å²) >= 11 is 0. The van der Waals surface area contributed by atoms with Gasteiger partial charge in [0.05, 0.1) is 7.85 Å². The number of nitrogens with one attached hydrogen (secondary N) is 1. The van der Waals surface area contributed by atoms with Crippen LogP contribution in [0.2, 0.25) is 5.82 Å². The molecule has 116 valence electrons. The van der Waals surface area contributed by atoms with Gasteiger partial charge in [0.1, 0.15) is 0 Å². The Kier molecular flexibility index (Phi) is 8.43. The lowest BCUT2D eigenvalue weighted by molar-refractivity contribution is 0.405. The Morgan fingerprint density at radius 2 is 1.95 bits per heavy atom. The van der Waals surface area contributed by atoms with Gasteiger partial charge in [-0.15, -0.1) is 0 Å². The molecule has 2 atom stereocenters. The molecule has 0 amide bonds. The van der Waals surface area contributed by atoms with E-state index in [0.717, 1.165) is 29.8 Å². The quantitative estimate of drug-likeness (QED) is 0.490. The third kappa shape index (κ3) is 5.97. The molecule has 1 rings (SSSR count). The van der Waals surface area contributed by atoms with Gasteiger partial charge in [-0.3, -0.25) is 0 Å². The van der Waals surface area contributed by atoms with Crippen molar-refractivity contribution in [2.75, 3.05) is 0 Å². The van der Waals surface area contributed by atoms with Crippen molar-refractivity contribution in [3.8, 4) is 0 Å². The van der Waals surface area contributed by atoms with E-state index < -0.39 is 0 Å². The molecule has 1 aliphatic carbocycles. The molecule has 22 heavy (non-hydrogen) atoms. The third-order valence-electron chi connectivity index (χ3n) is 3.93. The zero-order valence-corrected chi connectivity index (χ0v) is 14.0. The Labute approximate surface area is 137 Å². The molecule has 0 aromatic carbocycles. The van der Waals surface area contributed by atoms with Gasteiger partial charge in [-0.05, 0) is 50.0 Å². The first kappa shape index (κ1) is 18.4. The highest BCUT2D eigenvalue weighted by Crippen LogP contribution is 2.36. The molecule has 0 aliphatic heterocycles. The summed E-state index contributed by atoms with van der Waals surface area (Å²) in [6.07, 6.45) is 18.5. The molecule has 1 N–H and O–H groups in total. The molecule has 1 saturated carbocycles. The van der Waals surface area contributed by atoms with Crippen molar-refractivity contribution in [2.24, 2.45) is 5.92 Å². The van der Waals surface area contributed by atoms with Crippen LogP contribution < -0.4 is 5.32 Å². The Balaban J connectivity index is 2.94. The van der Waals surface area contributed by atoms with Crippen LogP contribution in [0.5, 0.6) is 0 Å². The van der Waals surface area contributed by atoms with Gasteiger partial charge in [0, 0.05) is 11.4 Å². The van der Waals surface area contributed by atoms with Crippen LogP contribution in [-0.4, -0.2) is 7.85 Å². The monoisotopic (exact) mass is 293 g/mol. The minimum atomic E-state index is 0.303. The van der Waals surface area contributed by atoms with Crippen molar-refractivity contribution >= 4 is 7.85 Å². The van der Waals surface area contributed by atoms with Crippen molar-refractivity contribution in [3.63, 3.8) is 0 Å². The van der Waals surface area contributed by atoms with Crippen LogP contribution in [0.1, 0.15) is 39.5 Å². The molecule has 1 nitrogen and oxygen atoms in total. The van der Waals surface area contributed by atoms with E-state index in [0.29, 0.717) is 11.7 Å². The molecular weight excluding hydrogens is 265 g/mol. The highest BCUT2D eigenvalue weighted by molar-refractivity contribution is 6.11. The molecule has 2 heteroatoms. The number of rotatable bonds is 7. The molecule has 2 unspecified atom stereocenters. The lowest BCUT2D eigenvalue weighted by atomic mass is 9.69. The average molecular weight is 293 g/mol. The van der Waals surface area contributed by atoms with Crippen LogP contribution in [0, 0.1) is 5.92 Å². The summed E-state index contributed by atoms with van der Waals surface area (Å²) in [5, 5.41) is 3.48. The lowest BCUT2D eigenvalue weighted by Gasteiger charge is -2.30. The van der Waals surface area contributed by atoms with E-state index in [1.54, 1.807) is 6.08 Å². The van der Waals surface area contributed by atoms with Gasteiger partial charge in [-0.25, -0.2) is 0 Å². The van der Waals surface area contributed by atoms with Crippen LogP contribution in [0.25, 0.3) is 0 Å². The van der Waals surface area contributed by atoms with Crippen molar-refractivity contribution in [2.45, 2.75) is 45.3 Å². The molecule has 0 saturated heterocycles. The first-order valence-corrected chi connectivity index (χ1v) is 8.12. The summed E-state index contributed by atoms with van der Waals surface area (Å²) in [4.78, 5) is 0. The minimum absolute atomic E-state index is 0.303. The van der Waals surface area contributed by atoms with E-state index in [-0.39, 0.29) is 0 Å². The van der Waals surface area contributed by atoms with Crippen molar-refractivity contribution in [1.29, 1.82) is 0 Å². The molecule has 0 spiro atoms. The predicted molar refractivity (Wildman–Crippen MR) is 99.7 cm³/mol. The summed E-state index contributed by atoms with van der Waals surface area (Å²) in [5.41, 5.74) is 3.21. The standard InChI is InChI=1S/C20H28BN/c1-5-8-14-20(22-19(10-6-2)11-7-3)16(4)17-12-9-13-18(21)15-17/h5-8,10-11,14,17-18,22H,2,4,9,12-13,15H2,1,3H3/b8-5-,11-7-,19-10+,20-14+. The lowest BCUT2D eigenvalue weighted by Crippen LogP contribution is -2.20. The van der Waals surface area contributed by atoms with Gasteiger partial charge in [0.25, 0.3) is 0 Å². The van der Waals surface area contributed by atoms with Crippen molar-refractivity contribution in [3.05, 3.63) is 72.7 Å². The maximum atomic E-state index is 6.13. The van der Waals surface area contributed by atoms with E-state index >= 15 is 0 Å². The van der Waals surface area contributed by atoms with Gasteiger partial charge in [0.15, 0.2) is 0 Å². The molecule has 0 bridgehead atoms. The van der Waals surface area contributed by atoms with Crippen LogP contribution in [0.15, 0.2) is 72.7 Å². The largest absolute Gasteiger partial charge is 0.355 e. The number of allylic oxidation sites excluding steroid dienone is 8. The molecule has 0 aromatic rings. The van der Waals surface area contributed by atoms with E-state index in [1.807, 2.05) is 44.2 Å². The van der Waals surface area contributed by atoms with Crippen molar-refractivity contribution in [1.82, 2.24) is 5.32 Å². The van der Waals surface area contributed by atoms with Gasteiger partial charge in [0.2, 0.25) is 0 Å². The SMILES string of the molecule is [B]C1CCCC(C(=C)/C(=C\C=C/C)NC(/C=C\C)=C/C=C)C1. The van der Waals surface area contributed by atoms with E-state index in [1.165, 1.54) is 12.8 Å². The summed E-state index contributed by atoms with van der Waals surface area (Å²) in [6.45, 7) is 12.1. The van der Waals surface area contributed by atoms with Crippen LogP contribution in [-0.2, 0) is 0 Å². The maximum absolute atomic E-state index is 6.13. The van der Waals surface area contributed by atoms with Crippen LogP contribution in [0.4, 0.5) is 0 Å². The Hall–Kier alpha value is -1.70. The van der Waals surface area contributed by atoms with Gasteiger partial charge < -0.3 is 5.32 Å². The fraction of sp³-hybridized carbons (Fsp3) is 0.400. The second kappa shape index (κ2) is 10.1. The summed E-state index contributed by atoms with van der Waals surface area (Å²) in [6, 6.07) is 0. The molecule has 1 aliphatic rings. The highest BCUT2D eigenvalue weighted by atomic mass is 14.9. The molecule has 1 fully saturated rings. The van der Waals surface area contributed by atoms with E-state index in [9.17, 15) is 0 Å². The fourth-order valence-electron chi connectivity index (χ4n) is 2.79. The molecule has 0 heterocycles. The first-order chi connectivity index (χ1) is 10.6. The molecular formula is C20H28BN. The zero-order valence-electron chi connectivity index (χ0n) is 14.0. The third-order valence-corrected chi connectivity index (χ3v) is 3.93. The summed E-state index contributed by atoms with van der Waals surface area (Å²) in [5.74, 6) is 0.764. The van der Waals surface area contributed by atoms with E-state index in [2.05, 4.69) is 24.6 Å². The predicted octanol–water partition coefficient (Wildman–Crippen LogP) is 5.39.